The van der Waals surface area contributed by atoms with Crippen molar-refractivity contribution in [3.05, 3.63) is 68.7 Å². The number of fused-ring (bicyclic) bond motifs is 1. The first-order valence-corrected chi connectivity index (χ1v) is 7.45. The molecular formula is C16H12F3N5O3. The normalized spacial score (nSPS) is 11.4. The summed E-state index contributed by atoms with van der Waals surface area (Å²) in [6, 6.07) is 8.75. The van der Waals surface area contributed by atoms with Crippen LogP contribution in [0.1, 0.15) is 5.56 Å². The molecule has 1 heterocycles. The summed E-state index contributed by atoms with van der Waals surface area (Å²) in [7, 11) is 0. The van der Waals surface area contributed by atoms with Crippen molar-refractivity contribution in [1.29, 1.82) is 0 Å². The molecule has 0 radical (unpaired) electrons. The van der Waals surface area contributed by atoms with Gasteiger partial charge < -0.3 is 16.0 Å². The van der Waals surface area contributed by atoms with Crippen LogP contribution in [0.3, 0.4) is 0 Å². The number of benzene rings is 2. The number of aromatic nitrogens is 2. The van der Waals surface area contributed by atoms with Gasteiger partial charge in [0.15, 0.2) is 0 Å². The lowest BCUT2D eigenvalue weighted by atomic mass is 10.1. The summed E-state index contributed by atoms with van der Waals surface area (Å²) >= 11 is 0. The molecule has 0 fully saturated rings. The zero-order valence-electron chi connectivity index (χ0n) is 13.4. The molecule has 8 nitrogen and oxygen atoms in total. The molecule has 0 atom stereocenters. The highest BCUT2D eigenvalue weighted by molar-refractivity contribution is 5.96. The molecule has 3 aromatic rings. The van der Waals surface area contributed by atoms with E-state index in [0.717, 1.165) is 6.07 Å². The lowest BCUT2D eigenvalue weighted by molar-refractivity contribution is -0.136. The number of urea groups is 1. The highest BCUT2D eigenvalue weighted by Gasteiger charge is 2.33. The summed E-state index contributed by atoms with van der Waals surface area (Å²) in [6.07, 6.45) is -4.76. The second-order valence-corrected chi connectivity index (χ2v) is 5.48. The number of carbonyl (C=O) groups is 1. The van der Waals surface area contributed by atoms with Crippen molar-refractivity contribution in [1.82, 2.24) is 9.66 Å². The van der Waals surface area contributed by atoms with Crippen LogP contribution >= 0.6 is 0 Å². The molecule has 1 aromatic heterocycles. The summed E-state index contributed by atoms with van der Waals surface area (Å²) < 4.78 is 39.5. The van der Waals surface area contributed by atoms with E-state index in [9.17, 15) is 27.6 Å². The van der Waals surface area contributed by atoms with E-state index in [1.165, 1.54) is 0 Å². The molecule has 11 heteroatoms. The van der Waals surface area contributed by atoms with Crippen LogP contribution in [0.2, 0.25) is 0 Å². The predicted octanol–water partition coefficient (Wildman–Crippen LogP) is 2.07. The maximum atomic E-state index is 13.0. The number of carbonyl (C=O) groups excluding carboxylic acids is 1. The number of aromatic amines is 1. The second-order valence-electron chi connectivity index (χ2n) is 5.48. The first-order chi connectivity index (χ1) is 12.7. The second kappa shape index (κ2) is 6.52. The fourth-order valence-corrected chi connectivity index (χ4v) is 2.41. The quantitative estimate of drug-likeness (QED) is 0.402. The summed E-state index contributed by atoms with van der Waals surface area (Å²) in [5.74, 6) is 0. The van der Waals surface area contributed by atoms with Gasteiger partial charge in [-0.05, 0) is 24.3 Å². The lowest BCUT2D eigenvalue weighted by Crippen LogP contribution is -2.43. The molecule has 0 saturated heterocycles. The number of nitrogens with one attached hydrogen (secondary N) is 3. The third-order valence-electron chi connectivity index (χ3n) is 3.60. The number of rotatable bonds is 2. The van der Waals surface area contributed by atoms with Gasteiger partial charge in [-0.3, -0.25) is 9.59 Å². The monoisotopic (exact) mass is 379 g/mol. The molecule has 2 amide bonds. The highest BCUT2D eigenvalue weighted by Crippen LogP contribution is 2.35. The standard InChI is InChI=1S/C16H12F3N5O3/c17-16(18,19)9-6-11-12(7-10(9)20)24(14(26)13(25)22-11)23-15(27)21-8-4-2-1-3-5-8/h1-7H,20H2,(H,22,25)(H2,21,23,27). The van der Waals surface area contributed by atoms with Crippen molar-refractivity contribution in [2.24, 2.45) is 0 Å². The number of H-pyrrole nitrogens is 1. The van der Waals surface area contributed by atoms with Gasteiger partial charge in [-0.25, -0.2) is 14.9 Å². The van der Waals surface area contributed by atoms with Crippen LogP contribution in [0.15, 0.2) is 52.1 Å². The van der Waals surface area contributed by atoms with Crippen molar-refractivity contribution in [3.8, 4) is 0 Å². The van der Waals surface area contributed by atoms with Crippen LogP contribution in [0.5, 0.6) is 0 Å². The van der Waals surface area contributed by atoms with E-state index in [2.05, 4.69) is 10.7 Å². The molecule has 0 spiro atoms. The molecule has 0 aliphatic carbocycles. The Morgan fingerprint density at radius 3 is 2.41 bits per heavy atom. The number of hydrogen-bond acceptors (Lipinski definition) is 4. The molecule has 2 aromatic carbocycles. The summed E-state index contributed by atoms with van der Waals surface area (Å²) in [4.78, 5) is 38.0. The third-order valence-corrected chi connectivity index (χ3v) is 3.60. The Labute approximate surface area is 148 Å². The van der Waals surface area contributed by atoms with Gasteiger partial charge in [0, 0.05) is 11.4 Å². The van der Waals surface area contributed by atoms with Gasteiger partial charge in [0.1, 0.15) is 0 Å². The van der Waals surface area contributed by atoms with Crippen LogP contribution in [0.4, 0.5) is 29.3 Å². The Morgan fingerprint density at radius 1 is 1.11 bits per heavy atom. The molecule has 5 N–H and O–H groups in total. The maximum Gasteiger partial charge on any atom is 0.418 e. The molecule has 140 valence electrons. The van der Waals surface area contributed by atoms with E-state index >= 15 is 0 Å². The smallest absolute Gasteiger partial charge is 0.398 e. The van der Waals surface area contributed by atoms with Crippen molar-refractivity contribution in [2.75, 3.05) is 16.5 Å². The number of halogens is 3. The summed E-state index contributed by atoms with van der Waals surface area (Å²) in [5, 5.41) is 2.42. The lowest BCUT2D eigenvalue weighted by Gasteiger charge is -2.15. The minimum Gasteiger partial charge on any atom is -0.398 e. The number of alkyl halides is 3. The van der Waals surface area contributed by atoms with E-state index in [1.54, 1.807) is 30.3 Å². The SMILES string of the molecule is Nc1cc2c(cc1C(F)(F)F)[nH]c(=O)c(=O)n2NC(=O)Nc1ccccc1. The van der Waals surface area contributed by atoms with E-state index in [1.807, 2.05) is 4.98 Å². The first-order valence-electron chi connectivity index (χ1n) is 7.45. The van der Waals surface area contributed by atoms with Crippen molar-refractivity contribution >= 4 is 28.4 Å². The van der Waals surface area contributed by atoms with Gasteiger partial charge in [-0.15, -0.1) is 0 Å². The van der Waals surface area contributed by atoms with E-state index in [4.69, 9.17) is 5.73 Å². The van der Waals surface area contributed by atoms with Crippen LogP contribution < -0.4 is 27.6 Å². The van der Waals surface area contributed by atoms with Gasteiger partial charge in [0.2, 0.25) is 0 Å². The van der Waals surface area contributed by atoms with Gasteiger partial charge in [-0.2, -0.15) is 13.2 Å². The van der Waals surface area contributed by atoms with Crippen LogP contribution in [0.25, 0.3) is 11.0 Å². The molecule has 27 heavy (non-hydrogen) atoms. The maximum absolute atomic E-state index is 13.0. The van der Waals surface area contributed by atoms with Crippen LogP contribution in [-0.2, 0) is 6.18 Å². The average Bonchev–Trinajstić information content (AvgIpc) is 2.59. The molecular weight excluding hydrogens is 367 g/mol. The largest absolute Gasteiger partial charge is 0.418 e. The fourth-order valence-electron chi connectivity index (χ4n) is 2.41. The van der Waals surface area contributed by atoms with Crippen molar-refractivity contribution in [2.45, 2.75) is 6.18 Å². The minimum absolute atomic E-state index is 0.201. The Bertz CT molecular complexity index is 1140. The Hall–Kier alpha value is -3.76. The molecule has 0 unspecified atom stereocenters. The topological polar surface area (TPSA) is 122 Å². The van der Waals surface area contributed by atoms with Crippen LogP contribution in [-0.4, -0.2) is 15.7 Å². The number of amides is 2. The first kappa shape index (κ1) is 18.0. The molecule has 0 aliphatic rings. The zero-order valence-corrected chi connectivity index (χ0v) is 13.4. The van der Waals surface area contributed by atoms with Gasteiger partial charge >= 0.3 is 23.3 Å². The Kier molecular flexibility index (Phi) is 4.35. The number of nitrogens with two attached hydrogens (primary N) is 1. The zero-order chi connectivity index (χ0) is 19.8. The van der Waals surface area contributed by atoms with Crippen LogP contribution in [0, 0.1) is 0 Å². The number of hydrogen-bond donors (Lipinski definition) is 4. The molecule has 0 bridgehead atoms. The number of anilines is 2. The summed E-state index contributed by atoms with van der Waals surface area (Å²) in [5.41, 5.74) is 3.19. The van der Waals surface area contributed by atoms with E-state index < -0.39 is 34.6 Å². The predicted molar refractivity (Wildman–Crippen MR) is 93.1 cm³/mol. The number of para-hydroxylation sites is 1. The molecule has 0 saturated carbocycles. The van der Waals surface area contributed by atoms with Crippen molar-refractivity contribution < 1.29 is 18.0 Å². The third kappa shape index (κ3) is 3.61. The van der Waals surface area contributed by atoms with E-state index in [-0.39, 0.29) is 11.0 Å². The van der Waals surface area contributed by atoms with E-state index in [0.29, 0.717) is 16.4 Å². The Balaban J connectivity index is 2.08. The van der Waals surface area contributed by atoms with Gasteiger partial charge in [0.25, 0.3) is 0 Å². The summed E-state index contributed by atoms with van der Waals surface area (Å²) in [6.45, 7) is 0. The average molecular weight is 379 g/mol. The van der Waals surface area contributed by atoms with Crippen molar-refractivity contribution in [3.63, 3.8) is 0 Å². The number of nitrogen functional groups attached to an aromatic ring is 1. The fraction of sp³-hybridized carbons (Fsp3) is 0.0625. The minimum atomic E-state index is -4.76. The molecule has 3 rings (SSSR count). The number of nitrogens with zero attached hydrogens (tertiary/aromatic N) is 1. The highest BCUT2D eigenvalue weighted by atomic mass is 19.4. The Morgan fingerprint density at radius 2 is 1.78 bits per heavy atom. The molecule has 0 aliphatic heterocycles. The van der Waals surface area contributed by atoms with Gasteiger partial charge in [0.05, 0.1) is 16.6 Å². The van der Waals surface area contributed by atoms with Gasteiger partial charge in [-0.1, -0.05) is 18.2 Å².